The van der Waals surface area contributed by atoms with Crippen LogP contribution < -0.4 is 10.1 Å². The Bertz CT molecular complexity index is 819. The largest absolute Gasteiger partial charge is 0.481 e. The number of amides is 1. The molecule has 5 nitrogen and oxygen atoms in total. The molecule has 1 atom stereocenters. The van der Waals surface area contributed by atoms with Crippen molar-refractivity contribution in [2.24, 2.45) is 0 Å². The molecular weight excluding hydrogens is 354 g/mol. The van der Waals surface area contributed by atoms with E-state index in [0.29, 0.717) is 17.0 Å². The van der Waals surface area contributed by atoms with Gasteiger partial charge in [0, 0.05) is 0 Å². The number of rotatable bonds is 6. The lowest BCUT2D eigenvalue weighted by atomic mass is 10.1. The van der Waals surface area contributed by atoms with Gasteiger partial charge in [0.15, 0.2) is 6.10 Å². The van der Waals surface area contributed by atoms with Crippen LogP contribution in [0.2, 0.25) is 5.02 Å². The normalized spacial score (nSPS) is 11.6. The summed E-state index contributed by atoms with van der Waals surface area (Å²) in [6.45, 7) is 7.55. The molecule has 6 heteroatoms. The molecule has 1 N–H and O–H groups in total. The molecule has 0 aliphatic heterocycles. The topological polar surface area (TPSA) is 64.6 Å². The number of carbonyl (C=O) groups is 2. The Balaban J connectivity index is 2.06. The summed E-state index contributed by atoms with van der Waals surface area (Å²) in [6.07, 6.45) is -0.712. The zero-order valence-electron chi connectivity index (χ0n) is 15.3. The lowest BCUT2D eigenvalue weighted by Gasteiger charge is -2.17. The van der Waals surface area contributed by atoms with E-state index >= 15 is 0 Å². The number of hydrogen-bond acceptors (Lipinski definition) is 4. The van der Waals surface area contributed by atoms with Crippen LogP contribution in [0.4, 0.5) is 5.69 Å². The number of carbonyl (C=O) groups excluding carboxylic acids is 2. The summed E-state index contributed by atoms with van der Waals surface area (Å²) in [5.41, 5.74) is 2.73. The zero-order chi connectivity index (χ0) is 19.3. The smallest absolute Gasteiger partial charge is 0.338 e. The molecule has 0 unspecified atom stereocenters. The maximum absolute atomic E-state index is 12.4. The SMILES string of the molecule is CCOC(=O)c1ccc(NC(=O)[C@H](C)Oc2cc(C)ccc2C)c(Cl)c1. The second-order valence-electron chi connectivity index (χ2n) is 5.93. The first-order valence-electron chi connectivity index (χ1n) is 8.33. The van der Waals surface area contributed by atoms with E-state index in [-0.39, 0.29) is 17.5 Å². The van der Waals surface area contributed by atoms with Gasteiger partial charge in [-0.3, -0.25) is 4.79 Å². The summed E-state index contributed by atoms with van der Waals surface area (Å²) in [7, 11) is 0. The average molecular weight is 376 g/mol. The minimum absolute atomic E-state index is 0.253. The van der Waals surface area contributed by atoms with Crippen LogP contribution in [0.15, 0.2) is 36.4 Å². The Hall–Kier alpha value is -2.53. The van der Waals surface area contributed by atoms with Crippen molar-refractivity contribution in [3.05, 3.63) is 58.1 Å². The van der Waals surface area contributed by atoms with Gasteiger partial charge in [0.05, 0.1) is 22.9 Å². The molecule has 0 saturated heterocycles. The van der Waals surface area contributed by atoms with E-state index in [0.717, 1.165) is 11.1 Å². The maximum atomic E-state index is 12.4. The molecule has 0 fully saturated rings. The Morgan fingerprint density at radius 3 is 2.54 bits per heavy atom. The zero-order valence-corrected chi connectivity index (χ0v) is 16.0. The molecule has 0 aromatic heterocycles. The van der Waals surface area contributed by atoms with E-state index in [2.05, 4.69) is 5.32 Å². The molecule has 26 heavy (non-hydrogen) atoms. The van der Waals surface area contributed by atoms with Crippen LogP contribution in [0.1, 0.15) is 35.3 Å². The van der Waals surface area contributed by atoms with Gasteiger partial charge in [-0.1, -0.05) is 23.7 Å². The van der Waals surface area contributed by atoms with Crippen LogP contribution in [0, 0.1) is 13.8 Å². The number of hydrogen-bond donors (Lipinski definition) is 1. The highest BCUT2D eigenvalue weighted by atomic mass is 35.5. The number of nitrogens with one attached hydrogen (secondary N) is 1. The molecule has 0 aliphatic rings. The molecule has 0 saturated carbocycles. The minimum Gasteiger partial charge on any atom is -0.481 e. The van der Waals surface area contributed by atoms with E-state index < -0.39 is 12.1 Å². The van der Waals surface area contributed by atoms with Crippen LogP contribution in [0.5, 0.6) is 5.75 Å². The van der Waals surface area contributed by atoms with Gasteiger partial charge >= 0.3 is 5.97 Å². The predicted octanol–water partition coefficient (Wildman–Crippen LogP) is 4.54. The monoisotopic (exact) mass is 375 g/mol. The Kier molecular flexibility index (Phi) is 6.64. The third kappa shape index (κ3) is 4.99. The minimum atomic E-state index is -0.712. The second-order valence-corrected chi connectivity index (χ2v) is 6.34. The van der Waals surface area contributed by atoms with Gasteiger partial charge in [0.1, 0.15) is 5.75 Å². The summed E-state index contributed by atoms with van der Waals surface area (Å²) in [5, 5.41) is 2.97. The molecule has 1 amide bonds. The third-order valence-corrected chi connectivity index (χ3v) is 4.07. The van der Waals surface area contributed by atoms with Crippen LogP contribution in [-0.4, -0.2) is 24.6 Å². The standard InChI is InChI=1S/C20H22ClNO4/c1-5-25-20(24)15-8-9-17(16(21)11-15)22-19(23)14(4)26-18-10-12(2)6-7-13(18)3/h6-11,14H,5H2,1-4H3,(H,22,23)/t14-/m0/s1. The molecule has 0 bridgehead atoms. The van der Waals surface area contributed by atoms with Gasteiger partial charge < -0.3 is 14.8 Å². The van der Waals surface area contributed by atoms with E-state index in [4.69, 9.17) is 21.1 Å². The van der Waals surface area contributed by atoms with Gasteiger partial charge in [-0.05, 0) is 63.1 Å². The number of halogens is 1. The van der Waals surface area contributed by atoms with Crippen LogP contribution in [0.3, 0.4) is 0 Å². The Morgan fingerprint density at radius 1 is 1.15 bits per heavy atom. The first kappa shape index (κ1) is 19.8. The van der Waals surface area contributed by atoms with Crippen molar-refractivity contribution in [2.45, 2.75) is 33.8 Å². The quantitative estimate of drug-likeness (QED) is 0.753. The molecule has 0 radical (unpaired) electrons. The van der Waals surface area contributed by atoms with E-state index in [9.17, 15) is 9.59 Å². The van der Waals surface area contributed by atoms with Gasteiger partial charge in [-0.2, -0.15) is 0 Å². The Labute approximate surface area is 158 Å². The van der Waals surface area contributed by atoms with E-state index in [1.54, 1.807) is 26.0 Å². The fourth-order valence-corrected chi connectivity index (χ4v) is 2.50. The highest BCUT2D eigenvalue weighted by Crippen LogP contribution is 2.25. The van der Waals surface area contributed by atoms with Gasteiger partial charge in [0.2, 0.25) is 0 Å². The first-order chi connectivity index (χ1) is 12.3. The van der Waals surface area contributed by atoms with Crippen molar-refractivity contribution in [1.82, 2.24) is 0 Å². The van der Waals surface area contributed by atoms with Gasteiger partial charge in [-0.15, -0.1) is 0 Å². The number of esters is 1. The first-order valence-corrected chi connectivity index (χ1v) is 8.71. The Morgan fingerprint density at radius 2 is 1.88 bits per heavy atom. The van der Waals surface area contributed by atoms with Crippen molar-refractivity contribution in [3.63, 3.8) is 0 Å². The molecule has 138 valence electrons. The van der Waals surface area contributed by atoms with Crippen molar-refractivity contribution in [1.29, 1.82) is 0 Å². The number of anilines is 1. The molecule has 2 rings (SSSR count). The fraction of sp³-hybridized carbons (Fsp3) is 0.300. The van der Waals surface area contributed by atoms with Crippen molar-refractivity contribution < 1.29 is 19.1 Å². The fourth-order valence-electron chi connectivity index (χ4n) is 2.27. The van der Waals surface area contributed by atoms with Crippen molar-refractivity contribution in [3.8, 4) is 5.75 Å². The van der Waals surface area contributed by atoms with Gasteiger partial charge in [-0.25, -0.2) is 4.79 Å². The maximum Gasteiger partial charge on any atom is 0.338 e. The lowest BCUT2D eigenvalue weighted by Crippen LogP contribution is -2.30. The second kappa shape index (κ2) is 8.72. The lowest BCUT2D eigenvalue weighted by molar-refractivity contribution is -0.122. The van der Waals surface area contributed by atoms with Crippen molar-refractivity contribution in [2.75, 3.05) is 11.9 Å². The highest BCUT2D eigenvalue weighted by Gasteiger charge is 2.18. The molecule has 2 aromatic rings. The van der Waals surface area contributed by atoms with E-state index in [1.165, 1.54) is 6.07 Å². The summed E-state index contributed by atoms with van der Waals surface area (Å²) in [4.78, 5) is 24.1. The van der Waals surface area contributed by atoms with Crippen LogP contribution in [-0.2, 0) is 9.53 Å². The van der Waals surface area contributed by atoms with Crippen LogP contribution >= 0.6 is 11.6 Å². The highest BCUT2D eigenvalue weighted by molar-refractivity contribution is 6.34. The summed E-state index contributed by atoms with van der Waals surface area (Å²) < 4.78 is 10.7. The molecule has 2 aromatic carbocycles. The van der Waals surface area contributed by atoms with Crippen molar-refractivity contribution >= 4 is 29.2 Å². The average Bonchev–Trinajstić information content (AvgIpc) is 2.59. The van der Waals surface area contributed by atoms with Gasteiger partial charge in [0.25, 0.3) is 5.91 Å². The molecule has 0 heterocycles. The summed E-state index contributed by atoms with van der Waals surface area (Å²) in [5.74, 6) is -0.132. The molecule has 0 aliphatic carbocycles. The number of benzene rings is 2. The molecule has 0 spiro atoms. The predicted molar refractivity (Wildman–Crippen MR) is 102 cm³/mol. The number of ether oxygens (including phenoxy) is 2. The summed E-state index contributed by atoms with van der Waals surface area (Å²) in [6, 6.07) is 10.4. The molecular formula is C20H22ClNO4. The summed E-state index contributed by atoms with van der Waals surface area (Å²) >= 11 is 6.17. The third-order valence-electron chi connectivity index (χ3n) is 3.75. The van der Waals surface area contributed by atoms with Crippen LogP contribution in [0.25, 0.3) is 0 Å². The van der Waals surface area contributed by atoms with E-state index in [1.807, 2.05) is 32.0 Å². The number of aryl methyl sites for hydroxylation is 2.